The number of alkyl halides is 3. The summed E-state index contributed by atoms with van der Waals surface area (Å²) < 4.78 is 47.7. The molecule has 2 aliphatic rings. The van der Waals surface area contributed by atoms with E-state index in [1.165, 1.54) is 6.07 Å². The number of halogens is 5. The topological polar surface area (TPSA) is 47.9 Å². The molecule has 29 heavy (non-hydrogen) atoms. The number of benzene rings is 1. The second-order valence-corrected chi connectivity index (χ2v) is 7.92. The minimum atomic E-state index is -4.81. The monoisotopic (exact) mass is 447 g/mol. The Morgan fingerprint density at radius 2 is 1.93 bits per heavy atom. The van der Waals surface area contributed by atoms with Crippen LogP contribution in [-0.4, -0.2) is 24.5 Å². The van der Waals surface area contributed by atoms with E-state index in [1.54, 1.807) is 38.2 Å². The van der Waals surface area contributed by atoms with Crippen molar-refractivity contribution < 1.29 is 27.5 Å². The van der Waals surface area contributed by atoms with Crippen molar-refractivity contribution in [2.24, 2.45) is 16.5 Å². The molecule has 0 aromatic heterocycles. The molecule has 1 aliphatic heterocycles. The summed E-state index contributed by atoms with van der Waals surface area (Å²) in [5, 5.41) is 3.89. The Morgan fingerprint density at radius 3 is 2.52 bits per heavy atom. The summed E-state index contributed by atoms with van der Waals surface area (Å²) in [6, 6.07) is 3.64. The number of hydrogen-bond donors (Lipinski definition) is 0. The third-order valence-electron chi connectivity index (χ3n) is 5.18. The molecule has 0 amide bonds. The minimum Gasteiger partial charge on any atom is -0.466 e. The van der Waals surface area contributed by atoms with Crippen molar-refractivity contribution >= 4 is 34.9 Å². The Labute approximate surface area is 175 Å². The summed E-state index contributed by atoms with van der Waals surface area (Å²) in [7, 11) is 0. The van der Waals surface area contributed by atoms with Gasteiger partial charge in [-0.2, -0.15) is 13.2 Å². The quantitative estimate of drug-likeness (QED) is 0.544. The summed E-state index contributed by atoms with van der Waals surface area (Å²) in [6.45, 7) is 3.44. The zero-order valence-corrected chi connectivity index (χ0v) is 17.1. The van der Waals surface area contributed by atoms with Crippen LogP contribution in [0.5, 0.6) is 0 Å². The molecule has 0 radical (unpaired) electrons. The molecule has 9 heteroatoms. The van der Waals surface area contributed by atoms with Crippen molar-refractivity contribution in [3.63, 3.8) is 0 Å². The average molecular weight is 448 g/mol. The molecule has 1 aliphatic carbocycles. The first kappa shape index (κ1) is 21.7. The second kappa shape index (κ2) is 7.69. The fourth-order valence-corrected chi connectivity index (χ4v) is 4.07. The Bertz CT molecular complexity index is 892. The summed E-state index contributed by atoms with van der Waals surface area (Å²) in [5.41, 5.74) is -4.08. The van der Waals surface area contributed by atoms with E-state index in [1.807, 2.05) is 0 Å². The molecule has 3 unspecified atom stereocenters. The van der Waals surface area contributed by atoms with Gasteiger partial charge in [-0.3, -0.25) is 4.79 Å². The molecular formula is C20H18Cl2F3NO3. The molecule has 1 aromatic carbocycles. The van der Waals surface area contributed by atoms with Crippen LogP contribution in [0.4, 0.5) is 13.2 Å². The lowest BCUT2D eigenvalue weighted by Crippen LogP contribution is -2.45. The summed E-state index contributed by atoms with van der Waals surface area (Å²) in [5.74, 6) is -1.38. The second-order valence-electron chi connectivity index (χ2n) is 7.05. The van der Waals surface area contributed by atoms with Crippen molar-refractivity contribution in [3.05, 3.63) is 58.1 Å². The van der Waals surface area contributed by atoms with Crippen LogP contribution >= 0.6 is 23.2 Å². The molecule has 1 aromatic rings. The predicted molar refractivity (Wildman–Crippen MR) is 104 cm³/mol. The van der Waals surface area contributed by atoms with Crippen LogP contribution in [0.15, 0.2) is 47.7 Å². The number of nitrogens with zero attached hydrogens (tertiary/aromatic N) is 1. The largest absolute Gasteiger partial charge is 0.466 e. The Balaban J connectivity index is 2.03. The van der Waals surface area contributed by atoms with E-state index in [2.05, 4.69) is 5.16 Å². The van der Waals surface area contributed by atoms with Gasteiger partial charge in [0, 0.05) is 27.4 Å². The van der Waals surface area contributed by atoms with Crippen LogP contribution in [0.3, 0.4) is 0 Å². The maximum atomic E-state index is 14.2. The van der Waals surface area contributed by atoms with Gasteiger partial charge in [0.1, 0.15) is 0 Å². The summed E-state index contributed by atoms with van der Waals surface area (Å²) >= 11 is 11.9. The number of allylic oxidation sites excluding steroid dienone is 3. The van der Waals surface area contributed by atoms with Gasteiger partial charge in [0.2, 0.25) is 0 Å². The van der Waals surface area contributed by atoms with Gasteiger partial charge >= 0.3 is 12.1 Å². The average Bonchev–Trinajstić information content (AvgIpc) is 3.09. The van der Waals surface area contributed by atoms with Gasteiger partial charge in [-0.25, -0.2) is 0 Å². The first-order chi connectivity index (χ1) is 13.5. The molecule has 1 heterocycles. The normalized spacial score (nSPS) is 28.8. The highest BCUT2D eigenvalue weighted by atomic mass is 35.5. The van der Waals surface area contributed by atoms with Gasteiger partial charge in [-0.1, -0.05) is 52.7 Å². The van der Waals surface area contributed by atoms with E-state index < -0.39 is 35.5 Å². The van der Waals surface area contributed by atoms with E-state index in [4.69, 9.17) is 32.8 Å². The third-order valence-corrected chi connectivity index (χ3v) is 5.62. The van der Waals surface area contributed by atoms with Crippen LogP contribution < -0.4 is 0 Å². The van der Waals surface area contributed by atoms with Gasteiger partial charge in [-0.05, 0) is 32.0 Å². The molecule has 0 saturated carbocycles. The molecule has 3 atom stereocenters. The standard InChI is InChI=1S/C20H18Cl2F3NO3/c1-3-28-17(27)15-6-4-5-7-18(15,2)16-11-19(29-26-16,20(23,24)25)12-8-13(21)10-14(22)9-12/h4-10,15H,3,11H2,1-2H3. The predicted octanol–water partition coefficient (Wildman–Crippen LogP) is 5.84. The number of rotatable bonds is 4. The maximum Gasteiger partial charge on any atom is 0.435 e. The number of carbonyl (C=O) groups is 1. The van der Waals surface area contributed by atoms with E-state index >= 15 is 0 Å². The highest BCUT2D eigenvalue weighted by Gasteiger charge is 2.64. The maximum absolute atomic E-state index is 14.2. The molecule has 0 spiro atoms. The zero-order chi connectivity index (χ0) is 21.4. The first-order valence-corrected chi connectivity index (χ1v) is 9.60. The van der Waals surface area contributed by atoms with E-state index in [-0.39, 0.29) is 27.9 Å². The molecule has 0 bridgehead atoms. The molecule has 0 fully saturated rings. The van der Waals surface area contributed by atoms with Crippen molar-refractivity contribution in [1.82, 2.24) is 0 Å². The Morgan fingerprint density at radius 1 is 1.28 bits per heavy atom. The summed E-state index contributed by atoms with van der Waals surface area (Å²) in [6.07, 6.45) is 1.10. The van der Waals surface area contributed by atoms with Crippen molar-refractivity contribution in [2.75, 3.05) is 6.61 Å². The Kier molecular flexibility index (Phi) is 5.75. The highest BCUT2D eigenvalue weighted by molar-refractivity contribution is 6.34. The van der Waals surface area contributed by atoms with Crippen LogP contribution in [0.2, 0.25) is 10.0 Å². The molecule has 4 nitrogen and oxygen atoms in total. The lowest BCUT2D eigenvalue weighted by atomic mass is 9.68. The SMILES string of the molecule is CCOC(=O)C1C=CC=CC1(C)C1=NOC(c2cc(Cl)cc(Cl)c2)(C(F)(F)F)C1. The van der Waals surface area contributed by atoms with Crippen LogP contribution in [0.25, 0.3) is 0 Å². The summed E-state index contributed by atoms with van der Waals surface area (Å²) in [4.78, 5) is 17.5. The minimum absolute atomic E-state index is 0.0456. The van der Waals surface area contributed by atoms with Gasteiger partial charge in [-0.15, -0.1) is 0 Å². The molecule has 0 saturated heterocycles. The Hall–Kier alpha value is -1.99. The number of hydrogen-bond acceptors (Lipinski definition) is 4. The van der Waals surface area contributed by atoms with E-state index in [0.717, 1.165) is 12.1 Å². The van der Waals surface area contributed by atoms with Crippen molar-refractivity contribution in [1.29, 1.82) is 0 Å². The van der Waals surface area contributed by atoms with E-state index in [0.29, 0.717) is 0 Å². The van der Waals surface area contributed by atoms with Crippen LogP contribution in [0.1, 0.15) is 25.8 Å². The fourth-order valence-electron chi connectivity index (χ4n) is 3.54. The lowest BCUT2D eigenvalue weighted by molar-refractivity contribution is -0.275. The zero-order valence-electron chi connectivity index (χ0n) is 15.6. The number of oxime groups is 1. The molecule has 156 valence electrons. The van der Waals surface area contributed by atoms with Crippen LogP contribution in [-0.2, 0) is 20.0 Å². The number of ether oxygens (including phenoxy) is 1. The van der Waals surface area contributed by atoms with Gasteiger partial charge in [0.15, 0.2) is 0 Å². The molecule has 0 N–H and O–H groups in total. The van der Waals surface area contributed by atoms with Crippen molar-refractivity contribution in [3.8, 4) is 0 Å². The molecule has 3 rings (SSSR count). The fraction of sp³-hybridized carbons (Fsp3) is 0.400. The molecular weight excluding hydrogens is 430 g/mol. The first-order valence-electron chi connectivity index (χ1n) is 8.85. The lowest BCUT2D eigenvalue weighted by Gasteiger charge is -2.34. The number of carbonyl (C=O) groups excluding carboxylic acids is 1. The van der Waals surface area contributed by atoms with E-state index in [9.17, 15) is 18.0 Å². The van der Waals surface area contributed by atoms with Crippen molar-refractivity contribution in [2.45, 2.75) is 32.0 Å². The highest BCUT2D eigenvalue weighted by Crippen LogP contribution is 2.52. The third kappa shape index (κ3) is 3.78. The smallest absolute Gasteiger partial charge is 0.435 e. The van der Waals surface area contributed by atoms with Gasteiger partial charge < -0.3 is 9.57 Å². The van der Waals surface area contributed by atoms with Gasteiger partial charge in [0.25, 0.3) is 5.60 Å². The number of esters is 1. The van der Waals surface area contributed by atoms with Crippen LogP contribution in [0, 0.1) is 11.3 Å². The van der Waals surface area contributed by atoms with Gasteiger partial charge in [0.05, 0.1) is 18.2 Å².